The zero-order valence-electron chi connectivity index (χ0n) is 16.1. The van der Waals surface area contributed by atoms with Crippen molar-refractivity contribution in [2.75, 3.05) is 31.5 Å². The molecular formula is C22H27N5S. The third-order valence-electron chi connectivity index (χ3n) is 5.05. The molecule has 1 aromatic carbocycles. The smallest absolute Gasteiger partial charge is 0.222 e. The molecule has 0 radical (unpaired) electrons. The third kappa shape index (κ3) is 5.61. The molecule has 0 saturated carbocycles. The van der Waals surface area contributed by atoms with Crippen molar-refractivity contribution in [2.24, 2.45) is 0 Å². The Morgan fingerprint density at radius 2 is 1.57 bits per heavy atom. The molecule has 1 aliphatic heterocycles. The molecule has 1 fully saturated rings. The Labute approximate surface area is 171 Å². The summed E-state index contributed by atoms with van der Waals surface area (Å²) in [4.78, 5) is 15.5. The Bertz CT molecular complexity index is 820. The molecule has 5 nitrogen and oxygen atoms in total. The predicted molar refractivity (Wildman–Crippen MR) is 115 cm³/mol. The fourth-order valence-corrected chi connectivity index (χ4v) is 4.27. The number of aromatic nitrogens is 2. The van der Waals surface area contributed by atoms with Gasteiger partial charge in [-0.15, -0.1) is 11.3 Å². The molecule has 1 N–H and O–H groups in total. The van der Waals surface area contributed by atoms with Crippen LogP contribution in [-0.2, 0) is 19.6 Å². The molecule has 28 heavy (non-hydrogen) atoms. The Hall–Kier alpha value is -2.28. The van der Waals surface area contributed by atoms with Crippen LogP contribution in [0.25, 0.3) is 0 Å². The van der Waals surface area contributed by atoms with E-state index in [2.05, 4.69) is 54.7 Å². The van der Waals surface area contributed by atoms with Crippen molar-refractivity contribution >= 4 is 17.3 Å². The van der Waals surface area contributed by atoms with Crippen LogP contribution in [0.1, 0.15) is 22.4 Å². The zero-order valence-corrected chi connectivity index (χ0v) is 16.9. The zero-order chi connectivity index (χ0) is 19.0. The minimum Gasteiger partial charge on any atom is -0.350 e. The van der Waals surface area contributed by atoms with Crippen molar-refractivity contribution in [1.82, 2.24) is 19.8 Å². The van der Waals surface area contributed by atoms with E-state index in [1.165, 1.54) is 29.0 Å². The molecule has 146 valence electrons. The van der Waals surface area contributed by atoms with Crippen LogP contribution in [0.4, 0.5) is 5.95 Å². The van der Waals surface area contributed by atoms with Crippen molar-refractivity contribution in [3.8, 4) is 0 Å². The van der Waals surface area contributed by atoms with E-state index in [0.717, 1.165) is 39.3 Å². The molecular weight excluding hydrogens is 366 g/mol. The largest absolute Gasteiger partial charge is 0.350 e. The summed E-state index contributed by atoms with van der Waals surface area (Å²) in [6.07, 6.45) is 5.12. The average Bonchev–Trinajstić information content (AvgIpc) is 3.15. The van der Waals surface area contributed by atoms with Gasteiger partial charge in [-0.2, -0.15) is 0 Å². The highest BCUT2D eigenvalue weighted by molar-refractivity contribution is 7.09. The quantitative estimate of drug-likeness (QED) is 0.660. The lowest BCUT2D eigenvalue weighted by atomic mass is 10.2. The number of nitrogens with one attached hydrogen (secondary N) is 1. The summed E-state index contributed by atoms with van der Waals surface area (Å²) >= 11 is 1.85. The van der Waals surface area contributed by atoms with Gasteiger partial charge in [-0.3, -0.25) is 9.80 Å². The first-order valence-corrected chi connectivity index (χ1v) is 10.8. The number of hydrogen-bond acceptors (Lipinski definition) is 6. The molecule has 0 amide bonds. The maximum atomic E-state index is 4.49. The molecule has 3 aromatic rings. The highest BCUT2D eigenvalue weighted by atomic mass is 32.1. The lowest BCUT2D eigenvalue weighted by molar-refractivity contribution is 0.248. The van der Waals surface area contributed by atoms with Crippen LogP contribution in [0, 0.1) is 0 Å². The van der Waals surface area contributed by atoms with Crippen LogP contribution in [0.2, 0.25) is 0 Å². The first kappa shape index (κ1) is 19.1. The highest BCUT2D eigenvalue weighted by Gasteiger charge is 2.15. The number of benzene rings is 1. The second kappa shape index (κ2) is 9.78. The van der Waals surface area contributed by atoms with Crippen LogP contribution < -0.4 is 5.32 Å². The highest BCUT2D eigenvalue weighted by Crippen LogP contribution is 2.15. The van der Waals surface area contributed by atoms with E-state index in [4.69, 9.17) is 0 Å². The van der Waals surface area contributed by atoms with Crippen molar-refractivity contribution in [1.29, 1.82) is 0 Å². The average molecular weight is 394 g/mol. The SMILES string of the molecule is c1ccc(CNc2ncc(CN3CCCN(Cc4cccs4)CC3)cn2)cc1. The van der Waals surface area contributed by atoms with Gasteiger partial charge in [0.25, 0.3) is 0 Å². The number of hydrogen-bond donors (Lipinski definition) is 1. The van der Waals surface area contributed by atoms with E-state index >= 15 is 0 Å². The summed E-state index contributed by atoms with van der Waals surface area (Å²) in [6.45, 7) is 7.27. The van der Waals surface area contributed by atoms with E-state index in [1.54, 1.807) is 0 Å². The van der Waals surface area contributed by atoms with Gasteiger partial charge in [0.2, 0.25) is 5.95 Å². The second-order valence-electron chi connectivity index (χ2n) is 7.24. The summed E-state index contributed by atoms with van der Waals surface area (Å²) in [6, 6.07) is 14.7. The van der Waals surface area contributed by atoms with E-state index < -0.39 is 0 Å². The van der Waals surface area contributed by atoms with Crippen LogP contribution in [0.5, 0.6) is 0 Å². The molecule has 2 aromatic heterocycles. The molecule has 6 heteroatoms. The molecule has 0 aliphatic carbocycles. The Kier molecular flexibility index (Phi) is 6.65. The Balaban J connectivity index is 1.25. The van der Waals surface area contributed by atoms with Gasteiger partial charge >= 0.3 is 0 Å². The van der Waals surface area contributed by atoms with Gasteiger partial charge in [-0.05, 0) is 36.5 Å². The minimum absolute atomic E-state index is 0.686. The number of thiophene rings is 1. The van der Waals surface area contributed by atoms with Crippen LogP contribution >= 0.6 is 11.3 Å². The number of rotatable bonds is 7. The van der Waals surface area contributed by atoms with Crippen LogP contribution in [0.15, 0.2) is 60.2 Å². The normalized spacial score (nSPS) is 16.0. The first-order valence-electron chi connectivity index (χ1n) is 9.91. The van der Waals surface area contributed by atoms with Crippen molar-refractivity contribution < 1.29 is 0 Å². The van der Waals surface area contributed by atoms with E-state index in [1.807, 2.05) is 41.9 Å². The Morgan fingerprint density at radius 1 is 0.821 bits per heavy atom. The maximum absolute atomic E-state index is 4.49. The van der Waals surface area contributed by atoms with Gasteiger partial charge in [0, 0.05) is 55.6 Å². The van der Waals surface area contributed by atoms with Gasteiger partial charge in [0.05, 0.1) is 0 Å². The monoisotopic (exact) mass is 393 g/mol. The summed E-state index contributed by atoms with van der Waals surface area (Å²) < 4.78 is 0. The second-order valence-corrected chi connectivity index (χ2v) is 8.27. The lowest BCUT2D eigenvalue weighted by Gasteiger charge is -2.21. The molecule has 0 bridgehead atoms. The predicted octanol–water partition coefficient (Wildman–Crippen LogP) is 3.86. The number of anilines is 1. The Morgan fingerprint density at radius 3 is 2.29 bits per heavy atom. The standard InChI is InChI=1S/C22H27N5S/c1-2-6-19(7-3-1)14-23-22-24-15-20(16-25-22)17-26-9-5-10-27(12-11-26)18-21-8-4-13-28-21/h1-4,6-8,13,15-16H,5,9-12,14,17-18H2,(H,23,24,25). The molecule has 4 rings (SSSR count). The molecule has 1 aliphatic rings. The fourth-order valence-electron chi connectivity index (χ4n) is 3.53. The molecule has 0 spiro atoms. The summed E-state index contributed by atoms with van der Waals surface area (Å²) in [5, 5.41) is 5.45. The molecule has 1 saturated heterocycles. The lowest BCUT2D eigenvalue weighted by Crippen LogP contribution is -2.30. The van der Waals surface area contributed by atoms with Crippen molar-refractivity contribution in [3.63, 3.8) is 0 Å². The van der Waals surface area contributed by atoms with E-state index in [9.17, 15) is 0 Å². The van der Waals surface area contributed by atoms with E-state index in [0.29, 0.717) is 5.95 Å². The third-order valence-corrected chi connectivity index (χ3v) is 5.91. The van der Waals surface area contributed by atoms with Gasteiger partial charge < -0.3 is 5.32 Å². The summed E-state index contributed by atoms with van der Waals surface area (Å²) in [7, 11) is 0. The summed E-state index contributed by atoms with van der Waals surface area (Å²) in [5.41, 5.74) is 2.41. The molecule has 0 atom stereocenters. The topological polar surface area (TPSA) is 44.3 Å². The van der Waals surface area contributed by atoms with Crippen LogP contribution in [-0.4, -0.2) is 45.9 Å². The maximum Gasteiger partial charge on any atom is 0.222 e. The summed E-state index contributed by atoms with van der Waals surface area (Å²) in [5.74, 6) is 0.686. The van der Waals surface area contributed by atoms with E-state index in [-0.39, 0.29) is 0 Å². The van der Waals surface area contributed by atoms with Gasteiger partial charge in [-0.25, -0.2) is 9.97 Å². The first-order chi connectivity index (χ1) is 13.8. The van der Waals surface area contributed by atoms with Crippen LogP contribution in [0.3, 0.4) is 0 Å². The van der Waals surface area contributed by atoms with Gasteiger partial charge in [-0.1, -0.05) is 36.4 Å². The molecule has 3 heterocycles. The number of nitrogens with zero attached hydrogens (tertiary/aromatic N) is 4. The fraction of sp³-hybridized carbons (Fsp3) is 0.364. The molecule has 0 unspecified atom stereocenters. The van der Waals surface area contributed by atoms with Crippen molar-refractivity contribution in [3.05, 3.63) is 76.2 Å². The van der Waals surface area contributed by atoms with Crippen molar-refractivity contribution in [2.45, 2.75) is 26.1 Å². The van der Waals surface area contributed by atoms with Gasteiger partial charge in [0.1, 0.15) is 0 Å². The minimum atomic E-state index is 0.686. The van der Waals surface area contributed by atoms with Gasteiger partial charge in [0.15, 0.2) is 0 Å².